The van der Waals surface area contributed by atoms with E-state index in [1.54, 1.807) is 6.07 Å². The van der Waals surface area contributed by atoms with Gasteiger partial charge in [-0.25, -0.2) is 4.98 Å². The van der Waals surface area contributed by atoms with Gasteiger partial charge in [0, 0.05) is 6.42 Å². The van der Waals surface area contributed by atoms with Gasteiger partial charge in [-0.3, -0.25) is 9.59 Å². The topological polar surface area (TPSA) is 124 Å². The summed E-state index contributed by atoms with van der Waals surface area (Å²) in [4.78, 5) is 27.2. The number of hydrogen-bond acceptors (Lipinski definition) is 5. The summed E-state index contributed by atoms with van der Waals surface area (Å²) in [5.41, 5.74) is 11.5. The fraction of sp³-hybridized carbons (Fsp3) is 0.154. The second kappa shape index (κ2) is 5.98. The molecular formula is C13H14N4O3. The van der Waals surface area contributed by atoms with E-state index in [-0.39, 0.29) is 5.76 Å². The number of primary amides is 1. The molecule has 0 aromatic carbocycles. The molecule has 0 bridgehead atoms. The Morgan fingerprint density at radius 2 is 2.10 bits per heavy atom. The lowest BCUT2D eigenvalue weighted by Gasteiger charge is -2.08. The first-order valence-electron chi connectivity index (χ1n) is 5.96. The normalized spacial score (nSPS) is 10.2. The van der Waals surface area contributed by atoms with Crippen molar-refractivity contribution >= 4 is 17.6 Å². The van der Waals surface area contributed by atoms with E-state index >= 15 is 0 Å². The third kappa shape index (κ3) is 3.01. The highest BCUT2D eigenvalue weighted by atomic mass is 16.3. The van der Waals surface area contributed by atoms with E-state index in [1.807, 2.05) is 0 Å². The van der Waals surface area contributed by atoms with Gasteiger partial charge in [0.25, 0.3) is 11.8 Å². The number of carbonyl (C=O) groups excluding carboxylic acids is 2. The maximum absolute atomic E-state index is 11.8. The molecule has 5 N–H and O–H groups in total. The lowest BCUT2D eigenvalue weighted by Crippen LogP contribution is -2.19. The number of pyridine rings is 1. The van der Waals surface area contributed by atoms with E-state index < -0.39 is 11.8 Å². The second-order valence-electron chi connectivity index (χ2n) is 4.03. The summed E-state index contributed by atoms with van der Waals surface area (Å²) in [7, 11) is 0. The number of rotatable bonds is 5. The number of nitrogens with one attached hydrogen (secondary N) is 1. The van der Waals surface area contributed by atoms with Crippen LogP contribution in [0.3, 0.4) is 0 Å². The minimum absolute atomic E-state index is 0.172. The van der Waals surface area contributed by atoms with Gasteiger partial charge in [0.1, 0.15) is 5.82 Å². The Kier molecular flexibility index (Phi) is 4.11. The molecule has 2 aromatic heterocycles. The van der Waals surface area contributed by atoms with Gasteiger partial charge in [0.15, 0.2) is 5.76 Å². The fourth-order valence-corrected chi connectivity index (χ4v) is 1.71. The Bertz CT molecular complexity index is 623. The molecule has 20 heavy (non-hydrogen) atoms. The number of aromatic nitrogens is 1. The van der Waals surface area contributed by atoms with Crippen LogP contribution in [0.2, 0.25) is 0 Å². The van der Waals surface area contributed by atoms with Crippen LogP contribution in [0.5, 0.6) is 0 Å². The maximum Gasteiger partial charge on any atom is 0.292 e. The molecule has 0 radical (unpaired) electrons. The summed E-state index contributed by atoms with van der Waals surface area (Å²) < 4.78 is 4.97. The fourth-order valence-electron chi connectivity index (χ4n) is 1.71. The molecule has 7 heteroatoms. The zero-order valence-corrected chi connectivity index (χ0v) is 10.6. The number of amides is 2. The SMILES string of the molecule is NCCc1nc(NC(=O)c2ccco2)ccc1C(N)=O. The van der Waals surface area contributed by atoms with Gasteiger partial charge >= 0.3 is 0 Å². The quantitative estimate of drug-likeness (QED) is 0.733. The highest BCUT2D eigenvalue weighted by Crippen LogP contribution is 2.13. The van der Waals surface area contributed by atoms with Crippen LogP contribution in [0.1, 0.15) is 26.6 Å². The van der Waals surface area contributed by atoms with E-state index in [4.69, 9.17) is 15.9 Å². The molecule has 2 rings (SSSR count). The van der Waals surface area contributed by atoms with Crippen molar-refractivity contribution in [2.75, 3.05) is 11.9 Å². The monoisotopic (exact) mass is 274 g/mol. The first-order valence-corrected chi connectivity index (χ1v) is 5.96. The molecule has 0 saturated carbocycles. The minimum atomic E-state index is -0.579. The van der Waals surface area contributed by atoms with Crippen LogP contribution >= 0.6 is 0 Å². The molecule has 7 nitrogen and oxygen atoms in total. The third-order valence-corrected chi connectivity index (χ3v) is 2.61. The average Bonchev–Trinajstić information content (AvgIpc) is 2.93. The van der Waals surface area contributed by atoms with Crippen molar-refractivity contribution in [2.45, 2.75) is 6.42 Å². The number of nitrogens with two attached hydrogens (primary N) is 2. The molecule has 104 valence electrons. The molecule has 0 aliphatic rings. The highest BCUT2D eigenvalue weighted by Gasteiger charge is 2.13. The van der Waals surface area contributed by atoms with Crippen LogP contribution in [0, 0.1) is 0 Å². The summed E-state index contributed by atoms with van der Waals surface area (Å²) in [6, 6.07) is 6.16. The molecule has 0 aliphatic carbocycles. The Morgan fingerprint density at radius 3 is 2.70 bits per heavy atom. The molecule has 2 aromatic rings. The van der Waals surface area contributed by atoms with Crippen molar-refractivity contribution < 1.29 is 14.0 Å². The van der Waals surface area contributed by atoms with Gasteiger partial charge < -0.3 is 21.2 Å². The zero-order chi connectivity index (χ0) is 14.5. The average molecular weight is 274 g/mol. The predicted molar refractivity (Wildman–Crippen MR) is 72.2 cm³/mol. The van der Waals surface area contributed by atoms with E-state index in [0.717, 1.165) is 0 Å². The lowest BCUT2D eigenvalue weighted by molar-refractivity contribution is 0.0991. The van der Waals surface area contributed by atoms with E-state index in [1.165, 1.54) is 24.5 Å². The highest BCUT2D eigenvalue weighted by molar-refractivity contribution is 6.02. The minimum Gasteiger partial charge on any atom is -0.459 e. The summed E-state index contributed by atoms with van der Waals surface area (Å²) >= 11 is 0. The Hall–Kier alpha value is -2.67. The van der Waals surface area contributed by atoms with Crippen LogP contribution in [0.15, 0.2) is 34.9 Å². The van der Waals surface area contributed by atoms with E-state index in [9.17, 15) is 9.59 Å². The Morgan fingerprint density at radius 1 is 1.30 bits per heavy atom. The summed E-state index contributed by atoms with van der Waals surface area (Å²) in [6.07, 6.45) is 1.79. The number of furan rings is 1. The number of carbonyl (C=O) groups is 2. The number of hydrogen-bond donors (Lipinski definition) is 3. The largest absolute Gasteiger partial charge is 0.459 e. The van der Waals surface area contributed by atoms with Gasteiger partial charge in [-0.15, -0.1) is 0 Å². The van der Waals surface area contributed by atoms with Crippen LogP contribution < -0.4 is 16.8 Å². The molecule has 0 spiro atoms. The molecule has 2 amide bonds. The number of nitrogens with zero attached hydrogens (tertiary/aromatic N) is 1. The van der Waals surface area contributed by atoms with Gasteiger partial charge in [-0.05, 0) is 30.8 Å². The van der Waals surface area contributed by atoms with Crippen LogP contribution in [0.25, 0.3) is 0 Å². The van der Waals surface area contributed by atoms with E-state index in [0.29, 0.717) is 30.0 Å². The smallest absolute Gasteiger partial charge is 0.292 e. The van der Waals surface area contributed by atoms with Gasteiger partial charge in [-0.1, -0.05) is 0 Å². The number of anilines is 1. The van der Waals surface area contributed by atoms with Gasteiger partial charge in [0.2, 0.25) is 0 Å². The Labute approximate surface area is 115 Å². The molecule has 0 saturated heterocycles. The van der Waals surface area contributed by atoms with Crippen molar-refractivity contribution in [2.24, 2.45) is 11.5 Å². The van der Waals surface area contributed by atoms with Crippen molar-refractivity contribution in [1.29, 1.82) is 0 Å². The zero-order valence-electron chi connectivity index (χ0n) is 10.6. The molecule has 2 heterocycles. The molecule has 0 atom stereocenters. The van der Waals surface area contributed by atoms with Gasteiger partial charge in [-0.2, -0.15) is 0 Å². The lowest BCUT2D eigenvalue weighted by atomic mass is 10.1. The molecule has 0 aliphatic heterocycles. The third-order valence-electron chi connectivity index (χ3n) is 2.61. The van der Waals surface area contributed by atoms with E-state index in [2.05, 4.69) is 10.3 Å². The van der Waals surface area contributed by atoms with Crippen molar-refractivity contribution in [3.63, 3.8) is 0 Å². The summed E-state index contributed by atoms with van der Waals surface area (Å²) in [5, 5.41) is 2.57. The molecule has 0 fully saturated rings. The van der Waals surface area contributed by atoms with Crippen LogP contribution in [-0.4, -0.2) is 23.3 Å². The van der Waals surface area contributed by atoms with Crippen molar-refractivity contribution in [3.8, 4) is 0 Å². The van der Waals surface area contributed by atoms with Gasteiger partial charge in [0.05, 0.1) is 17.5 Å². The van der Waals surface area contributed by atoms with Crippen LogP contribution in [0.4, 0.5) is 5.82 Å². The van der Waals surface area contributed by atoms with Crippen molar-refractivity contribution in [1.82, 2.24) is 4.98 Å². The maximum atomic E-state index is 11.8. The first-order chi connectivity index (χ1) is 9.61. The summed E-state index contributed by atoms with van der Waals surface area (Å²) in [5.74, 6) is -0.524. The molecule has 0 unspecified atom stereocenters. The molecular weight excluding hydrogens is 260 g/mol. The Balaban J connectivity index is 2.22. The second-order valence-corrected chi connectivity index (χ2v) is 4.03. The first kappa shape index (κ1) is 13.8. The predicted octanol–water partition coefficient (Wildman–Crippen LogP) is 0.527. The van der Waals surface area contributed by atoms with Crippen LogP contribution in [-0.2, 0) is 6.42 Å². The summed E-state index contributed by atoms with van der Waals surface area (Å²) in [6.45, 7) is 0.322. The standard InChI is InChI=1S/C13H14N4O3/c14-6-5-9-8(12(15)18)3-4-11(16-9)17-13(19)10-2-1-7-20-10/h1-4,7H,5-6,14H2,(H2,15,18)(H,16,17,19). The van der Waals surface area contributed by atoms with Crippen molar-refractivity contribution in [3.05, 3.63) is 47.5 Å².